The van der Waals surface area contributed by atoms with Gasteiger partial charge in [-0.3, -0.25) is 4.79 Å². The van der Waals surface area contributed by atoms with E-state index in [4.69, 9.17) is 11.5 Å². The van der Waals surface area contributed by atoms with Crippen LogP contribution in [-0.4, -0.2) is 16.9 Å². The van der Waals surface area contributed by atoms with Gasteiger partial charge in [-0.15, -0.1) is 11.3 Å². The van der Waals surface area contributed by atoms with Crippen molar-refractivity contribution in [1.29, 1.82) is 0 Å². The lowest BCUT2D eigenvalue weighted by Crippen LogP contribution is -2.21. The number of hydrogen-bond donors (Lipinski definition) is 3. The Labute approximate surface area is 125 Å². The highest BCUT2D eigenvalue weighted by Crippen LogP contribution is 2.31. The number of nitrogens with two attached hydrogens (primary N) is 2. The van der Waals surface area contributed by atoms with E-state index in [1.165, 1.54) is 11.3 Å². The van der Waals surface area contributed by atoms with Gasteiger partial charge in [0.1, 0.15) is 0 Å². The second kappa shape index (κ2) is 5.53. The molecule has 1 amide bonds. The van der Waals surface area contributed by atoms with Gasteiger partial charge in [0.05, 0.1) is 5.69 Å². The second-order valence-electron chi connectivity index (χ2n) is 4.83. The summed E-state index contributed by atoms with van der Waals surface area (Å²) in [7, 11) is 0. The van der Waals surface area contributed by atoms with Gasteiger partial charge in [0.2, 0.25) is 11.0 Å². The Morgan fingerprint density at radius 3 is 3.00 bits per heavy atom. The first-order chi connectivity index (χ1) is 10.1. The molecule has 21 heavy (non-hydrogen) atoms. The molecule has 108 valence electrons. The molecule has 1 aliphatic rings. The number of rotatable bonds is 2. The van der Waals surface area contributed by atoms with Crippen molar-refractivity contribution in [3.63, 3.8) is 0 Å². The lowest BCUT2D eigenvalue weighted by Gasteiger charge is -2.08. The summed E-state index contributed by atoms with van der Waals surface area (Å²) in [6, 6.07) is 5.93. The molecule has 0 atom stereocenters. The fourth-order valence-corrected chi connectivity index (χ4v) is 3.01. The van der Waals surface area contributed by atoms with Gasteiger partial charge in [-0.2, -0.15) is 4.99 Å². The Balaban J connectivity index is 1.93. The highest BCUT2D eigenvalue weighted by Gasteiger charge is 2.14. The molecule has 0 saturated carbocycles. The van der Waals surface area contributed by atoms with Gasteiger partial charge in [0, 0.05) is 23.1 Å². The summed E-state index contributed by atoms with van der Waals surface area (Å²) in [4.78, 5) is 19.9. The Hall–Kier alpha value is -2.41. The minimum Gasteiger partial charge on any atom is -0.370 e. The third-order valence-electron chi connectivity index (χ3n) is 3.24. The monoisotopic (exact) mass is 301 g/mol. The van der Waals surface area contributed by atoms with Crippen LogP contribution in [0.1, 0.15) is 18.4 Å². The molecule has 2 aromatic rings. The Morgan fingerprint density at radius 2 is 2.19 bits per heavy atom. The smallest absolute Gasteiger partial charge is 0.224 e. The van der Waals surface area contributed by atoms with Gasteiger partial charge in [0.15, 0.2) is 5.96 Å². The molecule has 0 aliphatic carbocycles. The standard InChI is InChI=1S/C14H15N5OS/c15-13(16)19-14-18-11(7-21-14)9-4-5-10-8(6-9)2-1-3-12(20)17-10/h4-7H,1-3H2,(H,17,20)(H4,15,16,18,19). The first kappa shape index (κ1) is 13.6. The summed E-state index contributed by atoms with van der Waals surface area (Å²) >= 11 is 1.39. The minimum atomic E-state index is 0.000501. The van der Waals surface area contributed by atoms with Crippen molar-refractivity contribution in [2.24, 2.45) is 16.5 Å². The molecule has 0 radical (unpaired) electrons. The maximum atomic E-state index is 11.5. The van der Waals surface area contributed by atoms with Gasteiger partial charge in [-0.05, 0) is 30.5 Å². The fourth-order valence-electron chi connectivity index (χ4n) is 2.29. The maximum Gasteiger partial charge on any atom is 0.224 e. The zero-order valence-electron chi connectivity index (χ0n) is 11.3. The Bertz CT molecular complexity index is 718. The van der Waals surface area contributed by atoms with Crippen LogP contribution in [0, 0.1) is 0 Å². The van der Waals surface area contributed by atoms with Crippen LogP contribution in [0.3, 0.4) is 0 Å². The third-order valence-corrected chi connectivity index (χ3v) is 3.98. The van der Waals surface area contributed by atoms with Gasteiger partial charge in [-0.25, -0.2) is 4.98 Å². The van der Waals surface area contributed by atoms with Crippen molar-refractivity contribution in [3.8, 4) is 11.3 Å². The lowest BCUT2D eigenvalue weighted by molar-refractivity contribution is -0.116. The van der Waals surface area contributed by atoms with E-state index in [0.29, 0.717) is 11.6 Å². The number of benzene rings is 1. The summed E-state index contributed by atoms with van der Waals surface area (Å²) in [5, 5.41) is 5.37. The van der Waals surface area contributed by atoms with Crippen LogP contribution < -0.4 is 16.8 Å². The number of hydrogen-bond acceptors (Lipinski definition) is 4. The molecule has 1 aliphatic heterocycles. The van der Waals surface area contributed by atoms with Crippen LogP contribution in [0.15, 0.2) is 28.6 Å². The maximum absolute atomic E-state index is 11.5. The number of aliphatic imine (C=N–C) groups is 1. The molecular formula is C14H15N5OS. The van der Waals surface area contributed by atoms with Gasteiger partial charge >= 0.3 is 0 Å². The van der Waals surface area contributed by atoms with Crippen molar-refractivity contribution >= 4 is 34.0 Å². The van der Waals surface area contributed by atoms with Gasteiger partial charge < -0.3 is 16.8 Å². The normalized spacial score (nSPS) is 14.0. The van der Waals surface area contributed by atoms with Crippen LogP contribution in [-0.2, 0) is 11.2 Å². The Kier molecular flexibility index (Phi) is 3.57. The topological polar surface area (TPSA) is 106 Å². The van der Waals surface area contributed by atoms with Gasteiger partial charge in [-0.1, -0.05) is 6.07 Å². The summed E-state index contributed by atoms with van der Waals surface area (Å²) < 4.78 is 0. The number of aryl methyl sites for hydroxylation is 1. The predicted octanol–water partition coefficient (Wildman–Crippen LogP) is 1.99. The zero-order valence-corrected chi connectivity index (χ0v) is 12.1. The fraction of sp³-hybridized carbons (Fsp3) is 0.214. The lowest BCUT2D eigenvalue weighted by atomic mass is 10.0. The molecular weight excluding hydrogens is 286 g/mol. The quantitative estimate of drug-likeness (QED) is 0.582. The highest BCUT2D eigenvalue weighted by atomic mass is 32.1. The zero-order chi connectivity index (χ0) is 14.8. The molecule has 0 spiro atoms. The van der Waals surface area contributed by atoms with Crippen molar-refractivity contribution in [1.82, 2.24) is 4.98 Å². The number of carbonyl (C=O) groups excluding carboxylic acids is 1. The van der Waals surface area contributed by atoms with E-state index in [2.05, 4.69) is 21.4 Å². The summed E-state index contributed by atoms with van der Waals surface area (Å²) in [6.07, 6.45) is 2.31. The molecule has 0 fully saturated rings. The average Bonchev–Trinajstić information content (AvgIpc) is 2.79. The third kappa shape index (κ3) is 3.03. The minimum absolute atomic E-state index is 0.000501. The molecule has 7 heteroatoms. The number of amides is 1. The largest absolute Gasteiger partial charge is 0.370 e. The summed E-state index contributed by atoms with van der Waals surface area (Å²) in [6.45, 7) is 0. The van der Waals surface area contributed by atoms with E-state index < -0.39 is 0 Å². The molecule has 6 nitrogen and oxygen atoms in total. The molecule has 1 aromatic carbocycles. The van der Waals surface area contributed by atoms with E-state index in [1.54, 1.807) is 0 Å². The SMILES string of the molecule is NC(N)=Nc1nc(-c2ccc3c(c2)CCCC(=O)N3)cs1. The number of thiazole rings is 1. The number of fused-ring (bicyclic) bond motifs is 1. The number of anilines is 1. The van der Waals surface area contributed by atoms with Crippen molar-refractivity contribution < 1.29 is 4.79 Å². The van der Waals surface area contributed by atoms with Crippen LogP contribution in [0.25, 0.3) is 11.3 Å². The number of nitrogens with one attached hydrogen (secondary N) is 1. The van der Waals surface area contributed by atoms with Gasteiger partial charge in [0.25, 0.3) is 0 Å². The molecule has 0 unspecified atom stereocenters. The van der Waals surface area contributed by atoms with Crippen LogP contribution in [0.4, 0.5) is 10.8 Å². The van der Waals surface area contributed by atoms with E-state index >= 15 is 0 Å². The molecule has 2 heterocycles. The summed E-state index contributed by atoms with van der Waals surface area (Å²) in [5.74, 6) is 0.0748. The average molecular weight is 301 g/mol. The first-order valence-electron chi connectivity index (χ1n) is 6.60. The number of guanidine groups is 1. The van der Waals surface area contributed by atoms with Crippen LogP contribution >= 0.6 is 11.3 Å². The van der Waals surface area contributed by atoms with E-state index in [1.807, 2.05) is 17.5 Å². The van der Waals surface area contributed by atoms with E-state index in [0.717, 1.165) is 35.3 Å². The van der Waals surface area contributed by atoms with Crippen molar-refractivity contribution in [2.75, 3.05) is 5.32 Å². The number of carbonyl (C=O) groups is 1. The highest BCUT2D eigenvalue weighted by molar-refractivity contribution is 7.13. The predicted molar refractivity (Wildman–Crippen MR) is 84.6 cm³/mol. The number of nitrogens with zero attached hydrogens (tertiary/aromatic N) is 2. The molecule has 5 N–H and O–H groups in total. The molecule has 3 rings (SSSR count). The van der Waals surface area contributed by atoms with Crippen LogP contribution in [0.5, 0.6) is 0 Å². The van der Waals surface area contributed by atoms with E-state index in [9.17, 15) is 4.79 Å². The van der Waals surface area contributed by atoms with Crippen LogP contribution in [0.2, 0.25) is 0 Å². The molecule has 1 aromatic heterocycles. The molecule has 0 bridgehead atoms. The number of aromatic nitrogens is 1. The Morgan fingerprint density at radius 1 is 1.33 bits per heavy atom. The summed E-state index contributed by atoms with van der Waals surface area (Å²) in [5.41, 5.74) is 14.6. The molecule has 0 saturated heterocycles. The first-order valence-corrected chi connectivity index (χ1v) is 7.48. The van der Waals surface area contributed by atoms with Crippen molar-refractivity contribution in [3.05, 3.63) is 29.1 Å². The second-order valence-corrected chi connectivity index (χ2v) is 5.66. The van der Waals surface area contributed by atoms with Crippen molar-refractivity contribution in [2.45, 2.75) is 19.3 Å². The van der Waals surface area contributed by atoms with E-state index in [-0.39, 0.29) is 11.9 Å².